The molecule has 4 atom stereocenters. The number of hydrogen-bond donors (Lipinski definition) is 4. The van der Waals surface area contributed by atoms with Gasteiger partial charge in [-0.3, -0.25) is 0 Å². The SMILES string of the molecule is [2H]c1c([2H])c([2H])[n+]([C@@H]2O[C@H](CO)[C@@H](O)[C@H]2O)c([2H])c1C(=O)O. The van der Waals surface area contributed by atoms with Gasteiger partial charge in [0.25, 0.3) is 6.23 Å². The van der Waals surface area contributed by atoms with Crippen molar-refractivity contribution in [3.63, 3.8) is 0 Å². The predicted molar refractivity (Wildman–Crippen MR) is 56.6 cm³/mol. The molecular weight excluding hydrogens is 242 g/mol. The van der Waals surface area contributed by atoms with Gasteiger partial charge in [-0.15, -0.1) is 0 Å². The van der Waals surface area contributed by atoms with Crippen LogP contribution < -0.4 is 4.57 Å². The van der Waals surface area contributed by atoms with Crippen LogP contribution in [0.4, 0.5) is 0 Å². The molecule has 7 nitrogen and oxygen atoms in total. The average molecular weight is 260 g/mol. The van der Waals surface area contributed by atoms with E-state index in [1.54, 1.807) is 0 Å². The highest BCUT2D eigenvalue weighted by Crippen LogP contribution is 2.24. The Kier molecular flexibility index (Phi) is 2.37. The first kappa shape index (κ1) is 8.54. The fraction of sp³-hybridized carbons (Fsp3) is 0.455. The summed E-state index contributed by atoms with van der Waals surface area (Å²) in [6.45, 7) is -0.633. The molecule has 4 N–H and O–H groups in total. The van der Waals surface area contributed by atoms with Crippen molar-refractivity contribution in [1.82, 2.24) is 0 Å². The van der Waals surface area contributed by atoms with Gasteiger partial charge in [0.2, 0.25) is 0 Å². The molecule has 1 aliphatic heterocycles. The lowest BCUT2D eigenvalue weighted by molar-refractivity contribution is -0.765. The van der Waals surface area contributed by atoms with Crippen molar-refractivity contribution in [3.8, 4) is 0 Å². The maximum Gasteiger partial charge on any atom is 0.341 e. The van der Waals surface area contributed by atoms with Crippen molar-refractivity contribution >= 4 is 5.97 Å². The number of rotatable bonds is 3. The predicted octanol–water partition coefficient (Wildman–Crippen LogP) is -1.72. The van der Waals surface area contributed by atoms with Crippen LogP contribution in [0.5, 0.6) is 0 Å². The molecule has 1 saturated heterocycles. The summed E-state index contributed by atoms with van der Waals surface area (Å²) in [5.41, 5.74) is -0.821. The maximum atomic E-state index is 11.1. The first-order valence-corrected chi connectivity index (χ1v) is 5.10. The molecule has 0 spiro atoms. The zero-order valence-corrected chi connectivity index (χ0v) is 9.07. The molecule has 0 amide bonds. The van der Waals surface area contributed by atoms with Crippen LogP contribution in [0.15, 0.2) is 24.4 Å². The number of carboxylic acid groups (broad SMARTS) is 1. The molecule has 0 saturated carbocycles. The standard InChI is InChI=1S/C11H13NO6/c13-5-7-8(14)9(15)10(18-7)12-3-1-2-6(4-12)11(16)17/h1-4,7-10,13-15H,5H2/p+1/t7-,8-,9-,10-/m1/s1/i1D,2D,3D,4D. The molecule has 0 bridgehead atoms. The molecule has 98 valence electrons. The molecule has 1 aromatic rings. The number of carbonyl (C=O) groups is 1. The lowest BCUT2D eigenvalue weighted by Gasteiger charge is -2.09. The van der Waals surface area contributed by atoms with E-state index in [1.165, 1.54) is 0 Å². The second kappa shape index (κ2) is 4.99. The highest BCUT2D eigenvalue weighted by atomic mass is 16.6. The first-order valence-electron chi connectivity index (χ1n) is 7.10. The number of aliphatic hydroxyl groups is 3. The van der Waals surface area contributed by atoms with E-state index in [0.29, 0.717) is 4.57 Å². The molecule has 1 fully saturated rings. The van der Waals surface area contributed by atoms with Crippen LogP contribution in [-0.4, -0.2) is 51.3 Å². The number of ether oxygens (including phenoxy) is 1. The first-order chi connectivity index (χ1) is 10.2. The molecule has 0 aliphatic carbocycles. The molecule has 0 aromatic carbocycles. The van der Waals surface area contributed by atoms with Gasteiger partial charge >= 0.3 is 5.97 Å². The summed E-state index contributed by atoms with van der Waals surface area (Å²) in [5.74, 6) is -1.64. The second-order valence-corrected chi connectivity index (χ2v) is 3.75. The lowest BCUT2D eigenvalue weighted by atomic mass is 10.1. The molecule has 7 heteroatoms. The summed E-state index contributed by atoms with van der Waals surface area (Å²) < 4.78 is 36.5. The van der Waals surface area contributed by atoms with Gasteiger partial charge in [-0.1, -0.05) is 0 Å². The summed E-state index contributed by atoms with van der Waals surface area (Å²) >= 11 is 0. The third kappa shape index (κ3) is 2.21. The molecule has 0 radical (unpaired) electrons. The number of nitrogens with zero attached hydrogens (tertiary/aromatic N) is 1. The fourth-order valence-electron chi connectivity index (χ4n) is 1.65. The Hall–Kier alpha value is -1.54. The fourth-order valence-corrected chi connectivity index (χ4v) is 1.65. The number of hydrogen-bond acceptors (Lipinski definition) is 5. The minimum atomic E-state index is -1.64. The minimum Gasteiger partial charge on any atom is -0.477 e. The van der Waals surface area contributed by atoms with Crippen molar-refractivity contribution in [1.29, 1.82) is 0 Å². The van der Waals surface area contributed by atoms with Crippen molar-refractivity contribution in [2.75, 3.05) is 6.61 Å². The van der Waals surface area contributed by atoms with E-state index >= 15 is 0 Å². The van der Waals surface area contributed by atoms with Crippen LogP contribution in [0.1, 0.15) is 22.1 Å². The Labute approximate surface area is 108 Å². The van der Waals surface area contributed by atoms with E-state index in [-0.39, 0.29) is 0 Å². The zero-order chi connectivity index (χ0) is 16.8. The maximum absolute atomic E-state index is 11.1. The number of aromatic nitrogens is 1. The topological polar surface area (TPSA) is 111 Å². The van der Waals surface area contributed by atoms with Gasteiger partial charge in [0.05, 0.1) is 9.35 Å². The molecule has 18 heavy (non-hydrogen) atoms. The third-order valence-corrected chi connectivity index (χ3v) is 2.58. The average Bonchev–Trinajstić information content (AvgIpc) is 2.73. The zero-order valence-electron chi connectivity index (χ0n) is 13.1. The highest BCUT2D eigenvalue weighted by molar-refractivity contribution is 5.86. The molecule has 0 unspecified atom stereocenters. The summed E-state index contributed by atoms with van der Waals surface area (Å²) in [4.78, 5) is 11.1. The lowest BCUT2D eigenvalue weighted by Crippen LogP contribution is -2.46. The van der Waals surface area contributed by atoms with Gasteiger partial charge in [-0.2, -0.15) is 4.57 Å². The Bertz CT molecular complexity index is 627. The smallest absolute Gasteiger partial charge is 0.341 e. The largest absolute Gasteiger partial charge is 0.477 e. The molecule has 2 rings (SSSR count). The monoisotopic (exact) mass is 260 g/mol. The van der Waals surface area contributed by atoms with Crippen LogP contribution in [0.2, 0.25) is 0 Å². The Morgan fingerprint density at radius 2 is 2.22 bits per heavy atom. The van der Waals surface area contributed by atoms with Gasteiger partial charge < -0.3 is 25.2 Å². The van der Waals surface area contributed by atoms with Crippen LogP contribution in [0, 0.1) is 0 Å². The summed E-state index contributed by atoms with van der Waals surface area (Å²) in [6, 6.07) is -1.56. The van der Waals surface area contributed by atoms with Crippen molar-refractivity contribution in [2.45, 2.75) is 24.5 Å². The normalized spacial score (nSPS) is 34.6. The summed E-state index contributed by atoms with van der Waals surface area (Å²) in [6.07, 6.45) is -7.35. The molecule has 1 aromatic heterocycles. The number of carboxylic acids is 1. The molecule has 1 aliphatic rings. The Morgan fingerprint density at radius 3 is 2.78 bits per heavy atom. The summed E-state index contributed by atoms with van der Waals surface area (Å²) in [7, 11) is 0. The Morgan fingerprint density at radius 1 is 1.50 bits per heavy atom. The van der Waals surface area contributed by atoms with E-state index in [0.717, 1.165) is 0 Å². The molecular formula is C11H14NO6+. The Balaban J connectivity index is 2.64. The van der Waals surface area contributed by atoms with Gasteiger partial charge in [-0.05, 0) is 6.04 Å². The van der Waals surface area contributed by atoms with Crippen LogP contribution in [0.25, 0.3) is 0 Å². The third-order valence-electron chi connectivity index (χ3n) is 2.58. The summed E-state index contributed by atoms with van der Waals surface area (Å²) in [5, 5.41) is 37.7. The van der Waals surface area contributed by atoms with Crippen LogP contribution in [0.3, 0.4) is 0 Å². The van der Waals surface area contributed by atoms with E-state index in [9.17, 15) is 15.0 Å². The van der Waals surface area contributed by atoms with E-state index in [2.05, 4.69) is 0 Å². The highest BCUT2D eigenvalue weighted by Gasteiger charge is 2.47. The van der Waals surface area contributed by atoms with Gasteiger partial charge in [0.1, 0.15) is 20.5 Å². The minimum absolute atomic E-state index is 0.605. The number of aromatic carboxylic acids is 1. The van der Waals surface area contributed by atoms with Crippen LogP contribution >= 0.6 is 0 Å². The second-order valence-electron chi connectivity index (χ2n) is 3.75. The van der Waals surface area contributed by atoms with Gasteiger partial charge in [0.15, 0.2) is 18.4 Å². The van der Waals surface area contributed by atoms with Crippen molar-refractivity contribution in [3.05, 3.63) is 30.0 Å². The van der Waals surface area contributed by atoms with E-state index < -0.39 is 67.1 Å². The molecule has 2 heterocycles. The van der Waals surface area contributed by atoms with Crippen molar-refractivity contribution in [2.24, 2.45) is 0 Å². The quantitative estimate of drug-likeness (QED) is 0.481. The van der Waals surface area contributed by atoms with E-state index in [1.807, 2.05) is 0 Å². The van der Waals surface area contributed by atoms with Gasteiger partial charge in [0, 0.05) is 6.04 Å². The van der Waals surface area contributed by atoms with E-state index in [4.69, 9.17) is 20.4 Å². The number of pyridine rings is 1. The van der Waals surface area contributed by atoms with Gasteiger partial charge in [-0.25, -0.2) is 4.79 Å². The van der Waals surface area contributed by atoms with Crippen molar-refractivity contribution < 1.29 is 40.0 Å². The van der Waals surface area contributed by atoms with Crippen LogP contribution in [-0.2, 0) is 4.74 Å². The number of aliphatic hydroxyl groups excluding tert-OH is 3.